The van der Waals surface area contributed by atoms with E-state index in [2.05, 4.69) is 11.2 Å². The highest BCUT2D eigenvalue weighted by Crippen LogP contribution is 2.38. The molecule has 2 rings (SSSR count). The van der Waals surface area contributed by atoms with Gasteiger partial charge in [0.25, 0.3) is 0 Å². The van der Waals surface area contributed by atoms with E-state index in [0.717, 1.165) is 30.5 Å². The van der Waals surface area contributed by atoms with Crippen molar-refractivity contribution in [3.05, 3.63) is 17.0 Å². The Hall–Kier alpha value is -1.83. The smallest absolute Gasteiger partial charge is 0.231 e. The normalized spacial score (nSPS) is 18.3. The molecule has 0 aliphatic heterocycles. The molecule has 1 aromatic rings. The number of amides is 1. The molecule has 0 spiro atoms. The maximum absolute atomic E-state index is 12.5. The van der Waals surface area contributed by atoms with E-state index in [4.69, 9.17) is 4.52 Å². The largest absolute Gasteiger partial charge is 0.361 e. The maximum Gasteiger partial charge on any atom is 0.231 e. The Bertz CT molecular complexity index is 518. The van der Waals surface area contributed by atoms with Crippen molar-refractivity contribution in [3.8, 4) is 6.07 Å². The van der Waals surface area contributed by atoms with Crippen molar-refractivity contribution in [1.82, 2.24) is 10.1 Å². The minimum Gasteiger partial charge on any atom is -0.361 e. The van der Waals surface area contributed by atoms with E-state index in [9.17, 15) is 10.1 Å². The van der Waals surface area contributed by atoms with Crippen molar-refractivity contribution < 1.29 is 9.32 Å². The minimum atomic E-state index is -0.607. The molecule has 102 valence electrons. The van der Waals surface area contributed by atoms with Gasteiger partial charge in [-0.15, -0.1) is 0 Å². The SMILES string of the molecule is Cc1noc(C)c1[C@@H](C)C(=O)N(C)C1(C#N)CCC1. The standard InChI is InChI=1S/C14H19N3O2/c1-9(12-10(2)16-19-11(12)3)13(18)17(4)14(8-15)6-5-7-14/h9H,5-7H2,1-4H3/t9-/m1/s1. The third kappa shape index (κ3) is 2.01. The van der Waals surface area contributed by atoms with Crippen LogP contribution >= 0.6 is 0 Å². The van der Waals surface area contributed by atoms with E-state index in [-0.39, 0.29) is 11.8 Å². The second-order valence-electron chi connectivity index (χ2n) is 5.35. The van der Waals surface area contributed by atoms with Crippen molar-refractivity contribution in [2.24, 2.45) is 0 Å². The van der Waals surface area contributed by atoms with E-state index >= 15 is 0 Å². The van der Waals surface area contributed by atoms with Crippen LogP contribution in [0.1, 0.15) is 49.1 Å². The summed E-state index contributed by atoms with van der Waals surface area (Å²) in [6.45, 7) is 5.48. The van der Waals surface area contributed by atoms with Gasteiger partial charge in [0.05, 0.1) is 17.7 Å². The summed E-state index contributed by atoms with van der Waals surface area (Å²) in [6, 6.07) is 2.29. The Morgan fingerprint density at radius 1 is 1.53 bits per heavy atom. The van der Waals surface area contributed by atoms with Crippen LogP contribution in [0.5, 0.6) is 0 Å². The maximum atomic E-state index is 12.5. The van der Waals surface area contributed by atoms with Crippen molar-refractivity contribution >= 4 is 5.91 Å². The molecule has 1 aliphatic carbocycles. The zero-order chi connectivity index (χ0) is 14.2. The lowest BCUT2D eigenvalue weighted by atomic mass is 9.76. The average molecular weight is 261 g/mol. The Morgan fingerprint density at radius 2 is 2.16 bits per heavy atom. The summed E-state index contributed by atoms with van der Waals surface area (Å²) in [7, 11) is 1.72. The van der Waals surface area contributed by atoms with Crippen LogP contribution in [-0.2, 0) is 4.79 Å². The first kappa shape index (κ1) is 13.6. The van der Waals surface area contributed by atoms with Crippen LogP contribution in [0.4, 0.5) is 0 Å². The van der Waals surface area contributed by atoms with Gasteiger partial charge in [0.1, 0.15) is 11.3 Å². The van der Waals surface area contributed by atoms with Crippen molar-refractivity contribution in [2.45, 2.75) is 51.5 Å². The van der Waals surface area contributed by atoms with Crippen LogP contribution in [0.25, 0.3) is 0 Å². The fraction of sp³-hybridized carbons (Fsp3) is 0.643. The van der Waals surface area contributed by atoms with Gasteiger partial charge in [-0.1, -0.05) is 5.16 Å². The molecule has 1 heterocycles. The summed E-state index contributed by atoms with van der Waals surface area (Å²) >= 11 is 0. The molecule has 1 aliphatic rings. The summed E-state index contributed by atoms with van der Waals surface area (Å²) in [6.07, 6.45) is 2.53. The number of aromatic nitrogens is 1. The van der Waals surface area contributed by atoms with Gasteiger partial charge in [0.2, 0.25) is 5.91 Å². The van der Waals surface area contributed by atoms with E-state index in [1.165, 1.54) is 0 Å². The van der Waals surface area contributed by atoms with Crippen LogP contribution in [0.3, 0.4) is 0 Å². The molecule has 1 aromatic heterocycles. The molecule has 19 heavy (non-hydrogen) atoms. The fourth-order valence-corrected chi connectivity index (χ4v) is 2.77. The first-order chi connectivity index (χ1) is 8.93. The highest BCUT2D eigenvalue weighted by Gasteiger charge is 2.44. The summed E-state index contributed by atoms with van der Waals surface area (Å²) < 4.78 is 5.11. The lowest BCUT2D eigenvalue weighted by Gasteiger charge is -2.43. The quantitative estimate of drug-likeness (QED) is 0.837. The molecule has 1 fully saturated rings. The van der Waals surface area contributed by atoms with Gasteiger partial charge >= 0.3 is 0 Å². The summed E-state index contributed by atoms with van der Waals surface area (Å²) in [5.41, 5.74) is 0.972. The number of hydrogen-bond acceptors (Lipinski definition) is 4. The van der Waals surface area contributed by atoms with Crippen LogP contribution in [0.15, 0.2) is 4.52 Å². The number of nitrogens with zero attached hydrogens (tertiary/aromatic N) is 3. The first-order valence-corrected chi connectivity index (χ1v) is 6.54. The first-order valence-electron chi connectivity index (χ1n) is 6.54. The molecule has 5 heteroatoms. The number of likely N-dealkylation sites (N-methyl/N-ethyl adjacent to an activating group) is 1. The van der Waals surface area contributed by atoms with E-state index in [0.29, 0.717) is 5.76 Å². The predicted molar refractivity (Wildman–Crippen MR) is 69.4 cm³/mol. The molecule has 5 nitrogen and oxygen atoms in total. The van der Waals surface area contributed by atoms with Crippen LogP contribution in [0, 0.1) is 25.2 Å². The van der Waals surface area contributed by atoms with Crippen molar-refractivity contribution in [2.75, 3.05) is 7.05 Å². The zero-order valence-electron chi connectivity index (χ0n) is 11.9. The van der Waals surface area contributed by atoms with Gasteiger partial charge in [-0.25, -0.2) is 0 Å². The third-order valence-electron chi connectivity index (χ3n) is 4.25. The van der Waals surface area contributed by atoms with Crippen molar-refractivity contribution in [1.29, 1.82) is 5.26 Å². The number of aryl methyl sites for hydroxylation is 2. The third-order valence-corrected chi connectivity index (χ3v) is 4.25. The van der Waals surface area contributed by atoms with Gasteiger partial charge in [0, 0.05) is 12.6 Å². The molecule has 1 atom stereocenters. The molecule has 0 saturated heterocycles. The second-order valence-corrected chi connectivity index (χ2v) is 5.35. The van der Waals surface area contributed by atoms with E-state index < -0.39 is 5.54 Å². The number of carbonyl (C=O) groups is 1. The molecule has 0 aromatic carbocycles. The highest BCUT2D eigenvalue weighted by molar-refractivity contribution is 5.84. The minimum absolute atomic E-state index is 0.0457. The van der Waals surface area contributed by atoms with Gasteiger partial charge in [-0.05, 0) is 40.0 Å². The molecular formula is C14H19N3O2. The lowest BCUT2D eigenvalue weighted by molar-refractivity contribution is -0.137. The molecule has 0 bridgehead atoms. The Labute approximate surface area is 113 Å². The van der Waals surface area contributed by atoms with Crippen LogP contribution in [0.2, 0.25) is 0 Å². The summed E-state index contributed by atoms with van der Waals surface area (Å²) in [4.78, 5) is 14.2. The van der Waals surface area contributed by atoms with E-state index in [1.54, 1.807) is 11.9 Å². The molecule has 1 amide bonds. The summed E-state index contributed by atoms with van der Waals surface area (Å²) in [5, 5.41) is 13.2. The highest BCUT2D eigenvalue weighted by atomic mass is 16.5. The molecule has 0 N–H and O–H groups in total. The predicted octanol–water partition coefficient (Wildman–Crippen LogP) is 2.30. The summed E-state index contributed by atoms with van der Waals surface area (Å²) in [5.74, 6) is 0.295. The zero-order valence-corrected chi connectivity index (χ0v) is 11.9. The second kappa shape index (κ2) is 4.69. The monoisotopic (exact) mass is 261 g/mol. The number of rotatable bonds is 3. The number of hydrogen-bond donors (Lipinski definition) is 0. The topological polar surface area (TPSA) is 70.1 Å². The van der Waals surface area contributed by atoms with Gasteiger partial charge in [-0.3, -0.25) is 4.79 Å². The van der Waals surface area contributed by atoms with E-state index in [1.807, 2.05) is 20.8 Å². The number of carbonyl (C=O) groups excluding carboxylic acids is 1. The Balaban J connectivity index is 2.23. The lowest BCUT2D eigenvalue weighted by Crippen LogP contribution is -2.54. The molecule has 0 unspecified atom stereocenters. The Morgan fingerprint density at radius 3 is 2.53 bits per heavy atom. The molecule has 1 saturated carbocycles. The Kier molecular flexibility index (Phi) is 3.36. The van der Waals surface area contributed by atoms with Crippen molar-refractivity contribution in [3.63, 3.8) is 0 Å². The van der Waals surface area contributed by atoms with Gasteiger partial charge in [0.15, 0.2) is 0 Å². The molecular weight excluding hydrogens is 242 g/mol. The fourth-order valence-electron chi connectivity index (χ4n) is 2.77. The number of nitriles is 1. The van der Waals surface area contributed by atoms with Gasteiger partial charge < -0.3 is 9.42 Å². The van der Waals surface area contributed by atoms with Crippen LogP contribution < -0.4 is 0 Å². The van der Waals surface area contributed by atoms with Gasteiger partial charge in [-0.2, -0.15) is 5.26 Å². The average Bonchev–Trinajstić information content (AvgIpc) is 2.66. The van der Waals surface area contributed by atoms with Crippen LogP contribution in [-0.4, -0.2) is 28.6 Å². The molecule has 0 radical (unpaired) electrons.